The molecule has 3 nitrogen and oxygen atoms in total. The Kier molecular flexibility index (Phi) is 3.48. The third-order valence-corrected chi connectivity index (χ3v) is 3.42. The zero-order valence-electron chi connectivity index (χ0n) is 10.5. The predicted molar refractivity (Wildman–Crippen MR) is 84.8 cm³/mol. The molecule has 0 spiro atoms. The highest BCUT2D eigenvalue weighted by Gasteiger charge is 1.99. The molecule has 1 aromatic heterocycles. The van der Waals surface area contributed by atoms with E-state index >= 15 is 0 Å². The number of hydrogen-bond donors (Lipinski definition) is 1. The van der Waals surface area contributed by atoms with Crippen LogP contribution >= 0.6 is 15.9 Å². The summed E-state index contributed by atoms with van der Waals surface area (Å²) in [5, 5.41) is 10.8. The van der Waals surface area contributed by atoms with E-state index in [1.807, 2.05) is 36.4 Å². The molecule has 0 unspecified atom stereocenters. The maximum atomic E-state index is 9.76. The first-order valence-corrected chi connectivity index (χ1v) is 6.89. The minimum Gasteiger partial charge on any atom is -0.507 e. The Labute approximate surface area is 124 Å². The molecule has 0 radical (unpaired) electrons. The van der Waals surface area contributed by atoms with Gasteiger partial charge in [0.05, 0.1) is 11.2 Å². The van der Waals surface area contributed by atoms with Gasteiger partial charge in [0, 0.05) is 27.8 Å². The molecular weight excluding hydrogens is 316 g/mol. The van der Waals surface area contributed by atoms with Crippen LogP contribution in [0.1, 0.15) is 5.56 Å². The molecule has 0 saturated carbocycles. The zero-order valence-corrected chi connectivity index (χ0v) is 12.1. The lowest BCUT2D eigenvalue weighted by molar-refractivity contribution is 0.474. The number of benzene rings is 2. The highest BCUT2D eigenvalue weighted by Crippen LogP contribution is 2.23. The van der Waals surface area contributed by atoms with E-state index in [0.29, 0.717) is 5.56 Å². The summed E-state index contributed by atoms with van der Waals surface area (Å²) in [6.07, 6.45) is 3.42. The summed E-state index contributed by atoms with van der Waals surface area (Å²) in [5.41, 5.74) is 2.44. The van der Waals surface area contributed by atoms with Crippen molar-refractivity contribution in [3.8, 4) is 5.75 Å². The highest BCUT2D eigenvalue weighted by molar-refractivity contribution is 9.10. The normalized spacial score (nSPS) is 11.2. The summed E-state index contributed by atoms with van der Waals surface area (Å²) in [7, 11) is 0. The van der Waals surface area contributed by atoms with Crippen molar-refractivity contribution in [2.75, 3.05) is 0 Å². The quantitative estimate of drug-likeness (QED) is 0.707. The van der Waals surface area contributed by atoms with E-state index in [2.05, 4.69) is 25.9 Å². The van der Waals surface area contributed by atoms with Crippen LogP contribution in [-0.2, 0) is 0 Å². The number of rotatable bonds is 2. The molecule has 0 amide bonds. The monoisotopic (exact) mass is 326 g/mol. The maximum absolute atomic E-state index is 9.76. The topological polar surface area (TPSA) is 45.5 Å². The second kappa shape index (κ2) is 5.43. The summed E-state index contributed by atoms with van der Waals surface area (Å²) >= 11 is 3.37. The van der Waals surface area contributed by atoms with Crippen molar-refractivity contribution in [3.63, 3.8) is 0 Å². The molecule has 3 aromatic rings. The van der Waals surface area contributed by atoms with Gasteiger partial charge in [-0.3, -0.25) is 9.98 Å². The molecule has 0 aliphatic carbocycles. The van der Waals surface area contributed by atoms with Crippen molar-refractivity contribution < 1.29 is 5.11 Å². The van der Waals surface area contributed by atoms with E-state index in [1.54, 1.807) is 24.5 Å². The van der Waals surface area contributed by atoms with Gasteiger partial charge < -0.3 is 5.11 Å². The largest absolute Gasteiger partial charge is 0.507 e. The number of phenolic OH excluding ortho intramolecular Hbond substituents is 1. The fourth-order valence-corrected chi connectivity index (χ4v) is 2.29. The molecule has 20 heavy (non-hydrogen) atoms. The first-order valence-electron chi connectivity index (χ1n) is 6.10. The molecule has 1 heterocycles. The van der Waals surface area contributed by atoms with Crippen molar-refractivity contribution in [2.24, 2.45) is 4.99 Å². The zero-order chi connectivity index (χ0) is 13.9. The van der Waals surface area contributed by atoms with Crippen LogP contribution in [0.3, 0.4) is 0 Å². The van der Waals surface area contributed by atoms with Gasteiger partial charge in [-0.25, -0.2) is 0 Å². The Bertz CT molecular complexity index is 799. The van der Waals surface area contributed by atoms with E-state index in [-0.39, 0.29) is 5.75 Å². The summed E-state index contributed by atoms with van der Waals surface area (Å²) in [5.74, 6) is 0.208. The van der Waals surface area contributed by atoms with Crippen LogP contribution in [0.25, 0.3) is 10.9 Å². The summed E-state index contributed by atoms with van der Waals surface area (Å²) < 4.78 is 0.902. The predicted octanol–water partition coefficient (Wildman–Crippen LogP) is 4.45. The highest BCUT2D eigenvalue weighted by atomic mass is 79.9. The van der Waals surface area contributed by atoms with E-state index < -0.39 is 0 Å². The molecule has 98 valence electrons. The molecule has 0 bridgehead atoms. The second-order valence-corrected chi connectivity index (χ2v) is 5.26. The number of nitrogens with zero attached hydrogens (tertiary/aromatic N) is 2. The molecule has 2 aromatic carbocycles. The molecule has 3 rings (SSSR count). The average Bonchev–Trinajstić information content (AvgIpc) is 2.48. The van der Waals surface area contributed by atoms with Gasteiger partial charge in [0.15, 0.2) is 0 Å². The standard InChI is InChI=1S/C16H11BrN2O/c17-13-3-6-16(20)12(8-13)10-19-14-4-5-15-11(9-14)2-1-7-18-15/h1-10,20H. The van der Waals surface area contributed by atoms with Gasteiger partial charge in [-0.05, 0) is 42.5 Å². The molecule has 0 aliphatic rings. The third kappa shape index (κ3) is 2.70. The SMILES string of the molecule is Oc1ccc(Br)cc1C=Nc1ccc2ncccc2c1. The first-order chi connectivity index (χ1) is 9.72. The van der Waals surface area contributed by atoms with Gasteiger partial charge in [0.1, 0.15) is 5.75 Å². The smallest absolute Gasteiger partial charge is 0.124 e. The molecule has 0 atom stereocenters. The Morgan fingerprint density at radius 3 is 2.90 bits per heavy atom. The van der Waals surface area contributed by atoms with Crippen LogP contribution in [0.2, 0.25) is 0 Å². The summed E-state index contributed by atoms with van der Waals surface area (Å²) in [6.45, 7) is 0. The molecule has 0 aliphatic heterocycles. The number of aliphatic imine (C=N–C) groups is 1. The van der Waals surface area contributed by atoms with Crippen LogP contribution < -0.4 is 0 Å². The van der Waals surface area contributed by atoms with Crippen molar-refractivity contribution in [1.29, 1.82) is 0 Å². The van der Waals surface area contributed by atoms with Crippen molar-refractivity contribution >= 4 is 38.7 Å². The Hall–Kier alpha value is -2.20. The number of hydrogen-bond acceptors (Lipinski definition) is 3. The number of phenols is 1. The van der Waals surface area contributed by atoms with Crippen LogP contribution in [0.4, 0.5) is 5.69 Å². The van der Waals surface area contributed by atoms with Gasteiger partial charge in [-0.15, -0.1) is 0 Å². The lowest BCUT2D eigenvalue weighted by Gasteiger charge is -2.00. The van der Waals surface area contributed by atoms with E-state index in [1.165, 1.54) is 0 Å². The number of pyridine rings is 1. The molecule has 0 saturated heterocycles. The number of aromatic nitrogens is 1. The van der Waals surface area contributed by atoms with Crippen LogP contribution in [-0.4, -0.2) is 16.3 Å². The van der Waals surface area contributed by atoms with Crippen molar-refractivity contribution in [3.05, 3.63) is 64.8 Å². The summed E-state index contributed by atoms with van der Waals surface area (Å²) in [4.78, 5) is 8.66. The van der Waals surface area contributed by atoms with E-state index in [0.717, 1.165) is 21.1 Å². The Balaban J connectivity index is 1.96. The van der Waals surface area contributed by atoms with Crippen LogP contribution in [0.5, 0.6) is 5.75 Å². The molecule has 1 N–H and O–H groups in total. The van der Waals surface area contributed by atoms with Crippen LogP contribution in [0, 0.1) is 0 Å². The van der Waals surface area contributed by atoms with E-state index in [4.69, 9.17) is 0 Å². The lowest BCUT2D eigenvalue weighted by atomic mass is 10.2. The first kappa shape index (κ1) is 12.8. The fourth-order valence-electron chi connectivity index (χ4n) is 1.92. The Morgan fingerprint density at radius 2 is 2.00 bits per heavy atom. The number of aromatic hydroxyl groups is 1. The fraction of sp³-hybridized carbons (Fsp3) is 0. The lowest BCUT2D eigenvalue weighted by Crippen LogP contribution is -1.82. The van der Waals surface area contributed by atoms with Crippen molar-refractivity contribution in [2.45, 2.75) is 0 Å². The van der Waals surface area contributed by atoms with Crippen molar-refractivity contribution in [1.82, 2.24) is 4.98 Å². The minimum atomic E-state index is 0.208. The number of fused-ring (bicyclic) bond motifs is 1. The minimum absolute atomic E-state index is 0.208. The molecular formula is C16H11BrN2O. The van der Waals surface area contributed by atoms with Crippen LogP contribution in [0.15, 0.2) is 64.2 Å². The molecule has 0 fully saturated rings. The Morgan fingerprint density at radius 1 is 1.10 bits per heavy atom. The summed E-state index contributed by atoms with van der Waals surface area (Å²) in [6, 6.07) is 14.9. The number of halogens is 1. The third-order valence-electron chi connectivity index (χ3n) is 2.93. The maximum Gasteiger partial charge on any atom is 0.124 e. The molecule has 4 heteroatoms. The van der Waals surface area contributed by atoms with Gasteiger partial charge in [0.25, 0.3) is 0 Å². The van der Waals surface area contributed by atoms with E-state index in [9.17, 15) is 5.11 Å². The average molecular weight is 327 g/mol. The van der Waals surface area contributed by atoms with Gasteiger partial charge in [0.2, 0.25) is 0 Å². The van der Waals surface area contributed by atoms with Gasteiger partial charge in [-0.1, -0.05) is 22.0 Å². The van der Waals surface area contributed by atoms with Gasteiger partial charge in [-0.2, -0.15) is 0 Å². The van der Waals surface area contributed by atoms with Gasteiger partial charge >= 0.3 is 0 Å². The second-order valence-electron chi connectivity index (χ2n) is 4.34.